The molecule has 2 aliphatic rings. The second-order valence-electron chi connectivity index (χ2n) is 5.84. The first-order chi connectivity index (χ1) is 9.92. The number of hydrogen-bond donors (Lipinski definition) is 0. The van der Waals surface area contributed by atoms with Crippen molar-refractivity contribution >= 4 is 0 Å². The van der Waals surface area contributed by atoms with Crippen molar-refractivity contribution in [3.05, 3.63) is 58.7 Å². The molecular weight excluding hydrogens is 240 g/mol. The van der Waals surface area contributed by atoms with Gasteiger partial charge in [0.15, 0.2) is 0 Å². The van der Waals surface area contributed by atoms with Gasteiger partial charge < -0.3 is 0 Å². The Bertz CT molecular complexity index is 567. The van der Waals surface area contributed by atoms with Crippen LogP contribution in [0.15, 0.2) is 53.1 Å². The van der Waals surface area contributed by atoms with Crippen molar-refractivity contribution in [3.63, 3.8) is 0 Å². The van der Waals surface area contributed by atoms with Crippen LogP contribution in [0, 0.1) is 11.8 Å². The summed E-state index contributed by atoms with van der Waals surface area (Å²) >= 11 is 0. The number of rotatable bonds is 1. The van der Waals surface area contributed by atoms with Crippen molar-refractivity contribution in [2.45, 2.75) is 51.4 Å². The maximum Gasteiger partial charge on any atom is 0.0248 e. The van der Waals surface area contributed by atoms with Crippen molar-refractivity contribution in [1.29, 1.82) is 0 Å². The molecule has 0 unspecified atom stereocenters. The van der Waals surface area contributed by atoms with Gasteiger partial charge >= 0.3 is 0 Å². The molecule has 1 fully saturated rings. The number of allylic oxidation sites excluding steroid dienone is 4. The second-order valence-corrected chi connectivity index (χ2v) is 5.84. The second kappa shape index (κ2) is 6.62. The summed E-state index contributed by atoms with van der Waals surface area (Å²) in [5, 5.41) is 0. The minimum absolute atomic E-state index is 1.12. The molecule has 0 nitrogen and oxygen atoms in total. The lowest BCUT2D eigenvalue weighted by molar-refractivity contribution is 0.598. The van der Waals surface area contributed by atoms with E-state index in [1.807, 2.05) is 6.07 Å². The standard InChI is InChI=1S/C20H22/c1-3-8-17(9-4-1)14-15-19-12-7-13-20(19)16-18-10-5-2-6-11-18/h1,3-4,8-9,16H,2,5-7,10-13H2. The first kappa shape index (κ1) is 13.3. The fourth-order valence-corrected chi connectivity index (χ4v) is 3.13. The van der Waals surface area contributed by atoms with Gasteiger partial charge in [-0.3, -0.25) is 0 Å². The first-order valence-electron chi connectivity index (χ1n) is 7.90. The minimum Gasteiger partial charge on any atom is -0.0699 e. The largest absolute Gasteiger partial charge is 0.0699 e. The summed E-state index contributed by atoms with van der Waals surface area (Å²) in [6, 6.07) is 10.3. The average molecular weight is 262 g/mol. The SMILES string of the molecule is C(#Cc1ccccc1)C1=C(C=C2CCCCC2)CCC1. The lowest BCUT2D eigenvalue weighted by Crippen LogP contribution is -1.94. The Kier molecular flexibility index (Phi) is 4.38. The zero-order chi connectivity index (χ0) is 13.6. The summed E-state index contributed by atoms with van der Waals surface area (Å²) in [4.78, 5) is 0. The molecule has 1 aromatic rings. The van der Waals surface area contributed by atoms with E-state index in [0.717, 1.165) is 5.56 Å². The van der Waals surface area contributed by atoms with Crippen molar-refractivity contribution in [2.24, 2.45) is 0 Å². The van der Waals surface area contributed by atoms with E-state index in [1.54, 1.807) is 5.57 Å². The third kappa shape index (κ3) is 3.42. The van der Waals surface area contributed by atoms with Crippen molar-refractivity contribution in [3.8, 4) is 11.8 Å². The van der Waals surface area contributed by atoms with Crippen LogP contribution < -0.4 is 0 Å². The van der Waals surface area contributed by atoms with Gasteiger partial charge in [0.1, 0.15) is 0 Å². The third-order valence-corrected chi connectivity index (χ3v) is 4.27. The fourth-order valence-electron chi connectivity index (χ4n) is 3.13. The quantitative estimate of drug-likeness (QED) is 0.594. The molecule has 0 saturated heterocycles. The van der Waals surface area contributed by atoms with Gasteiger partial charge in [0.2, 0.25) is 0 Å². The Morgan fingerprint density at radius 3 is 2.35 bits per heavy atom. The summed E-state index contributed by atoms with van der Waals surface area (Å²) in [5.74, 6) is 6.74. The molecular formula is C20H22. The molecule has 0 radical (unpaired) electrons. The van der Waals surface area contributed by atoms with Crippen LogP contribution >= 0.6 is 0 Å². The summed E-state index contributed by atoms with van der Waals surface area (Å²) < 4.78 is 0. The summed E-state index contributed by atoms with van der Waals surface area (Å²) in [7, 11) is 0. The minimum atomic E-state index is 1.12. The highest BCUT2D eigenvalue weighted by molar-refractivity contribution is 5.47. The molecule has 102 valence electrons. The zero-order valence-electron chi connectivity index (χ0n) is 12.1. The van der Waals surface area contributed by atoms with Gasteiger partial charge in [0.25, 0.3) is 0 Å². The lowest BCUT2D eigenvalue weighted by atomic mass is 9.93. The maximum atomic E-state index is 3.42. The normalized spacial score (nSPS) is 18.7. The maximum absolute atomic E-state index is 3.42. The van der Waals surface area contributed by atoms with E-state index in [4.69, 9.17) is 0 Å². The Balaban J connectivity index is 1.80. The van der Waals surface area contributed by atoms with Crippen LogP contribution in [0.4, 0.5) is 0 Å². The van der Waals surface area contributed by atoms with Crippen LogP contribution in [0.5, 0.6) is 0 Å². The van der Waals surface area contributed by atoms with E-state index in [-0.39, 0.29) is 0 Å². The summed E-state index contributed by atoms with van der Waals surface area (Å²) in [6.45, 7) is 0. The zero-order valence-corrected chi connectivity index (χ0v) is 12.1. The molecule has 0 bridgehead atoms. The highest BCUT2D eigenvalue weighted by Gasteiger charge is 2.13. The van der Waals surface area contributed by atoms with Crippen LogP contribution in [0.25, 0.3) is 0 Å². The molecule has 1 saturated carbocycles. The van der Waals surface area contributed by atoms with E-state index < -0.39 is 0 Å². The summed E-state index contributed by atoms with van der Waals surface area (Å²) in [6.07, 6.45) is 12.9. The van der Waals surface area contributed by atoms with E-state index in [1.165, 1.54) is 62.5 Å². The molecule has 0 aromatic heterocycles. The lowest BCUT2D eigenvalue weighted by Gasteiger charge is -2.13. The van der Waals surface area contributed by atoms with Gasteiger partial charge in [0, 0.05) is 11.1 Å². The Morgan fingerprint density at radius 2 is 1.55 bits per heavy atom. The molecule has 1 aromatic carbocycles. The molecule has 0 heterocycles. The van der Waals surface area contributed by atoms with Crippen LogP contribution in [-0.2, 0) is 0 Å². The Labute approximate surface area is 122 Å². The van der Waals surface area contributed by atoms with E-state index in [2.05, 4.69) is 42.2 Å². The van der Waals surface area contributed by atoms with Crippen molar-refractivity contribution in [1.82, 2.24) is 0 Å². The Morgan fingerprint density at radius 1 is 0.750 bits per heavy atom. The number of benzene rings is 1. The van der Waals surface area contributed by atoms with Crippen molar-refractivity contribution in [2.75, 3.05) is 0 Å². The molecule has 2 aliphatic carbocycles. The topological polar surface area (TPSA) is 0 Å². The molecule has 0 aliphatic heterocycles. The molecule has 20 heavy (non-hydrogen) atoms. The molecule has 3 rings (SSSR count). The van der Waals surface area contributed by atoms with Crippen LogP contribution in [-0.4, -0.2) is 0 Å². The average Bonchev–Trinajstić information content (AvgIpc) is 2.94. The van der Waals surface area contributed by atoms with Gasteiger partial charge in [-0.2, -0.15) is 0 Å². The monoisotopic (exact) mass is 262 g/mol. The highest BCUT2D eigenvalue weighted by Crippen LogP contribution is 2.31. The first-order valence-corrected chi connectivity index (χ1v) is 7.90. The van der Waals surface area contributed by atoms with Gasteiger partial charge in [-0.15, -0.1) is 0 Å². The van der Waals surface area contributed by atoms with Gasteiger partial charge in [-0.1, -0.05) is 48.1 Å². The van der Waals surface area contributed by atoms with Gasteiger partial charge in [-0.25, -0.2) is 0 Å². The number of hydrogen-bond acceptors (Lipinski definition) is 0. The predicted octanol–water partition coefficient (Wildman–Crippen LogP) is 5.41. The Hall–Kier alpha value is -1.74. The van der Waals surface area contributed by atoms with E-state index in [0.29, 0.717) is 0 Å². The smallest absolute Gasteiger partial charge is 0.0248 e. The van der Waals surface area contributed by atoms with Crippen LogP contribution in [0.3, 0.4) is 0 Å². The third-order valence-electron chi connectivity index (χ3n) is 4.27. The predicted molar refractivity (Wildman–Crippen MR) is 85.4 cm³/mol. The van der Waals surface area contributed by atoms with Gasteiger partial charge in [0.05, 0.1) is 0 Å². The van der Waals surface area contributed by atoms with Crippen LogP contribution in [0.1, 0.15) is 56.9 Å². The van der Waals surface area contributed by atoms with E-state index in [9.17, 15) is 0 Å². The molecule has 0 spiro atoms. The van der Waals surface area contributed by atoms with Gasteiger partial charge in [-0.05, 0) is 62.7 Å². The molecule has 0 amide bonds. The summed E-state index contributed by atoms with van der Waals surface area (Å²) in [5.41, 5.74) is 5.68. The molecule has 0 atom stereocenters. The van der Waals surface area contributed by atoms with E-state index >= 15 is 0 Å². The van der Waals surface area contributed by atoms with Crippen molar-refractivity contribution < 1.29 is 0 Å². The molecule has 0 heteroatoms. The highest BCUT2D eigenvalue weighted by atomic mass is 14.2. The fraction of sp³-hybridized carbons (Fsp3) is 0.400. The molecule has 0 N–H and O–H groups in total. The van der Waals surface area contributed by atoms with Crippen LogP contribution in [0.2, 0.25) is 0 Å².